The highest BCUT2D eigenvalue weighted by Gasteiger charge is 2.34. The molecule has 0 saturated heterocycles. The summed E-state index contributed by atoms with van der Waals surface area (Å²) >= 11 is 0. The van der Waals surface area contributed by atoms with Crippen molar-refractivity contribution in [2.75, 3.05) is 14.2 Å². The van der Waals surface area contributed by atoms with E-state index in [1.54, 1.807) is 18.2 Å². The molecule has 0 spiro atoms. The van der Waals surface area contributed by atoms with Crippen LogP contribution in [0.2, 0.25) is 0 Å². The van der Waals surface area contributed by atoms with E-state index in [9.17, 15) is 24.6 Å². The lowest BCUT2D eigenvalue weighted by molar-refractivity contribution is -0.138. The summed E-state index contributed by atoms with van der Waals surface area (Å²) in [7, 11) is 3.04. The number of fused-ring (bicyclic) bond motifs is 2. The summed E-state index contributed by atoms with van der Waals surface area (Å²) in [4.78, 5) is 37.9. The maximum absolute atomic E-state index is 12.9. The molecule has 2 N–H and O–H groups in total. The van der Waals surface area contributed by atoms with E-state index < -0.39 is 23.3 Å². The molecular weight excluding hydrogens is 440 g/mol. The Bertz CT molecular complexity index is 1330. The standard InChI is InChI=1S/C26H20O8/c1-32-16-8-14(9-17(12-16)33-2)6-7-22(29)34-13-15-10-19-24(21(28)11-15)26(31)23-18(25(19)30)4-3-5-20(23)27/h3-12,27-28H,13H2,1-2H3/b7-6+. The molecule has 3 aromatic rings. The lowest BCUT2D eigenvalue weighted by Crippen LogP contribution is -2.21. The first-order valence-electron chi connectivity index (χ1n) is 10.2. The number of rotatable bonds is 6. The second-order valence-corrected chi connectivity index (χ2v) is 7.48. The monoisotopic (exact) mass is 460 g/mol. The largest absolute Gasteiger partial charge is 0.507 e. The number of hydrogen-bond donors (Lipinski definition) is 2. The molecule has 0 amide bonds. The van der Waals surface area contributed by atoms with Crippen molar-refractivity contribution >= 4 is 23.6 Å². The van der Waals surface area contributed by atoms with Gasteiger partial charge in [-0.1, -0.05) is 12.1 Å². The summed E-state index contributed by atoms with van der Waals surface area (Å²) in [5.74, 6) is -1.47. The van der Waals surface area contributed by atoms with Crippen molar-refractivity contribution < 1.29 is 38.8 Å². The van der Waals surface area contributed by atoms with Crippen LogP contribution in [0.5, 0.6) is 23.0 Å². The van der Waals surface area contributed by atoms with Crippen LogP contribution in [0.1, 0.15) is 43.0 Å². The SMILES string of the molecule is COc1cc(/C=C/C(=O)OCc2cc(O)c3c(c2)C(=O)c2cccc(O)c2C3=O)cc(OC)c1. The fraction of sp³-hybridized carbons (Fsp3) is 0.115. The highest BCUT2D eigenvalue weighted by Crippen LogP contribution is 2.37. The van der Waals surface area contributed by atoms with Crippen LogP contribution in [0.3, 0.4) is 0 Å². The Morgan fingerprint density at radius 2 is 1.53 bits per heavy atom. The van der Waals surface area contributed by atoms with Gasteiger partial charge in [0.2, 0.25) is 5.78 Å². The zero-order valence-electron chi connectivity index (χ0n) is 18.3. The van der Waals surface area contributed by atoms with E-state index in [0.29, 0.717) is 22.6 Å². The van der Waals surface area contributed by atoms with Gasteiger partial charge in [0.1, 0.15) is 29.6 Å². The third kappa shape index (κ3) is 4.21. The van der Waals surface area contributed by atoms with Crippen molar-refractivity contribution in [2.45, 2.75) is 6.61 Å². The second kappa shape index (κ2) is 9.11. The number of phenolic OH excluding ortho intramolecular Hbond substituents is 2. The van der Waals surface area contributed by atoms with Crippen LogP contribution in [-0.4, -0.2) is 42.0 Å². The van der Waals surface area contributed by atoms with Gasteiger partial charge in [0.25, 0.3) is 0 Å². The minimum atomic E-state index is -0.656. The van der Waals surface area contributed by atoms with E-state index in [0.717, 1.165) is 0 Å². The number of aromatic hydroxyl groups is 2. The number of carbonyl (C=O) groups excluding carboxylic acids is 3. The lowest BCUT2D eigenvalue weighted by atomic mass is 9.82. The van der Waals surface area contributed by atoms with Crippen LogP contribution in [0.4, 0.5) is 0 Å². The van der Waals surface area contributed by atoms with E-state index >= 15 is 0 Å². The summed E-state index contributed by atoms with van der Waals surface area (Å²) in [6, 6.07) is 12.0. The Morgan fingerprint density at radius 1 is 0.853 bits per heavy atom. The van der Waals surface area contributed by atoms with Gasteiger partial charge < -0.3 is 24.4 Å². The number of carbonyl (C=O) groups is 3. The van der Waals surface area contributed by atoms with Crippen molar-refractivity contribution in [1.82, 2.24) is 0 Å². The summed E-state index contributed by atoms with van der Waals surface area (Å²) in [6.45, 7) is -0.236. The van der Waals surface area contributed by atoms with Crippen LogP contribution in [0.15, 0.2) is 54.6 Å². The molecule has 0 unspecified atom stereocenters. The van der Waals surface area contributed by atoms with Crippen LogP contribution in [0, 0.1) is 0 Å². The molecule has 0 bridgehead atoms. The zero-order valence-corrected chi connectivity index (χ0v) is 18.3. The van der Waals surface area contributed by atoms with Gasteiger partial charge in [0.05, 0.1) is 25.3 Å². The van der Waals surface area contributed by atoms with Crippen molar-refractivity contribution in [2.24, 2.45) is 0 Å². The third-order valence-electron chi connectivity index (χ3n) is 5.33. The average Bonchev–Trinajstić information content (AvgIpc) is 2.83. The highest BCUT2D eigenvalue weighted by atomic mass is 16.5. The van der Waals surface area contributed by atoms with Gasteiger partial charge in [0.15, 0.2) is 5.78 Å². The minimum absolute atomic E-state index is 0.0202. The first-order valence-corrected chi connectivity index (χ1v) is 10.2. The van der Waals surface area contributed by atoms with E-state index in [2.05, 4.69) is 0 Å². The molecule has 0 radical (unpaired) electrons. The molecule has 0 saturated carbocycles. The lowest BCUT2D eigenvalue weighted by Gasteiger charge is -2.20. The molecule has 0 atom stereocenters. The molecule has 8 nitrogen and oxygen atoms in total. The number of esters is 1. The Balaban J connectivity index is 1.52. The molecular formula is C26H20O8. The van der Waals surface area contributed by atoms with Crippen LogP contribution in [-0.2, 0) is 16.1 Å². The first kappa shape index (κ1) is 22.6. The normalized spacial score (nSPS) is 12.3. The number of hydrogen-bond acceptors (Lipinski definition) is 8. The second-order valence-electron chi connectivity index (χ2n) is 7.48. The molecule has 0 aliphatic heterocycles. The molecule has 34 heavy (non-hydrogen) atoms. The fourth-order valence-corrected chi connectivity index (χ4v) is 3.72. The van der Waals surface area contributed by atoms with Crippen LogP contribution in [0.25, 0.3) is 6.08 Å². The van der Waals surface area contributed by atoms with Gasteiger partial charge in [-0.3, -0.25) is 9.59 Å². The Labute approximate surface area is 194 Å². The van der Waals surface area contributed by atoms with Crippen LogP contribution < -0.4 is 9.47 Å². The van der Waals surface area contributed by atoms with Crippen molar-refractivity contribution in [3.63, 3.8) is 0 Å². The number of benzene rings is 3. The van der Waals surface area contributed by atoms with Gasteiger partial charge in [-0.2, -0.15) is 0 Å². The van der Waals surface area contributed by atoms with Crippen molar-refractivity contribution in [3.05, 3.63) is 88.0 Å². The molecule has 1 aliphatic rings. The number of methoxy groups -OCH3 is 2. The van der Waals surface area contributed by atoms with E-state index in [4.69, 9.17) is 14.2 Å². The van der Waals surface area contributed by atoms with E-state index in [-0.39, 0.29) is 34.6 Å². The van der Waals surface area contributed by atoms with Gasteiger partial charge in [-0.25, -0.2) is 4.79 Å². The predicted octanol–water partition coefficient (Wildman–Crippen LogP) is 3.65. The first-order chi connectivity index (χ1) is 16.3. The van der Waals surface area contributed by atoms with Gasteiger partial charge in [0, 0.05) is 23.3 Å². The maximum Gasteiger partial charge on any atom is 0.331 e. The maximum atomic E-state index is 12.9. The smallest absolute Gasteiger partial charge is 0.331 e. The quantitative estimate of drug-likeness (QED) is 0.331. The number of ether oxygens (including phenoxy) is 3. The summed E-state index contributed by atoms with van der Waals surface area (Å²) in [5, 5.41) is 20.4. The molecule has 0 fully saturated rings. The summed E-state index contributed by atoms with van der Waals surface area (Å²) < 4.78 is 15.6. The van der Waals surface area contributed by atoms with E-state index in [1.807, 2.05) is 0 Å². The minimum Gasteiger partial charge on any atom is -0.507 e. The Morgan fingerprint density at radius 3 is 2.21 bits per heavy atom. The Hall–Kier alpha value is -4.59. The third-order valence-corrected chi connectivity index (χ3v) is 5.33. The van der Waals surface area contributed by atoms with Gasteiger partial charge in [-0.05, 0) is 47.5 Å². The van der Waals surface area contributed by atoms with Crippen molar-refractivity contribution in [1.29, 1.82) is 0 Å². The van der Waals surface area contributed by atoms with Crippen molar-refractivity contribution in [3.8, 4) is 23.0 Å². The molecule has 4 rings (SSSR count). The highest BCUT2D eigenvalue weighted by molar-refractivity contribution is 6.30. The Kier molecular flexibility index (Phi) is 6.05. The molecule has 0 aromatic heterocycles. The predicted molar refractivity (Wildman–Crippen MR) is 121 cm³/mol. The molecule has 172 valence electrons. The number of phenols is 2. The topological polar surface area (TPSA) is 119 Å². The fourth-order valence-electron chi connectivity index (χ4n) is 3.72. The van der Waals surface area contributed by atoms with Crippen LogP contribution >= 0.6 is 0 Å². The zero-order chi connectivity index (χ0) is 24.4. The summed E-state index contributed by atoms with van der Waals surface area (Å²) in [6.07, 6.45) is 2.75. The van der Waals surface area contributed by atoms with Gasteiger partial charge in [-0.15, -0.1) is 0 Å². The molecule has 8 heteroatoms. The summed E-state index contributed by atoms with van der Waals surface area (Å²) in [5.41, 5.74) is 0.669. The molecule has 3 aromatic carbocycles. The van der Waals surface area contributed by atoms with E-state index in [1.165, 1.54) is 56.7 Å². The average molecular weight is 460 g/mol. The molecule has 0 heterocycles. The van der Waals surface area contributed by atoms with Gasteiger partial charge >= 0.3 is 5.97 Å². The number of ketones is 2. The molecule has 1 aliphatic carbocycles.